The standard InChI is InChI=1S/C22H23N3O5S/c1-15-9-10-16(31(29,30)24-11-5-2-6-12-24)13-19(15)23-20(26)14-25-21(27)17-7-3-4-8-18(17)22(25)28/h3-4,7-10,13H,2,5-6,11-12,14H2,1H3,(H,23,26). The van der Waals surface area contributed by atoms with Gasteiger partial charge >= 0.3 is 0 Å². The second-order valence-corrected chi connectivity index (χ2v) is 9.67. The number of hydrogen-bond donors (Lipinski definition) is 1. The van der Waals surface area contributed by atoms with Gasteiger partial charge in [-0.05, 0) is 49.6 Å². The molecule has 2 heterocycles. The van der Waals surface area contributed by atoms with Crippen LogP contribution in [0.15, 0.2) is 47.4 Å². The third-order valence-electron chi connectivity index (χ3n) is 5.62. The normalized spacial score (nSPS) is 17.0. The van der Waals surface area contributed by atoms with Crippen molar-refractivity contribution in [2.45, 2.75) is 31.1 Å². The van der Waals surface area contributed by atoms with Crippen LogP contribution in [0.4, 0.5) is 5.69 Å². The highest BCUT2D eigenvalue weighted by molar-refractivity contribution is 7.89. The number of carbonyl (C=O) groups is 3. The van der Waals surface area contributed by atoms with E-state index < -0.39 is 34.3 Å². The quantitative estimate of drug-likeness (QED) is 0.718. The number of carbonyl (C=O) groups excluding carboxylic acids is 3. The molecule has 162 valence electrons. The van der Waals surface area contributed by atoms with E-state index in [1.165, 1.54) is 16.4 Å². The van der Waals surface area contributed by atoms with Crippen LogP contribution < -0.4 is 5.32 Å². The van der Waals surface area contributed by atoms with E-state index in [9.17, 15) is 22.8 Å². The summed E-state index contributed by atoms with van der Waals surface area (Å²) in [6.45, 7) is 2.26. The molecule has 0 bridgehead atoms. The first-order valence-electron chi connectivity index (χ1n) is 10.1. The maximum Gasteiger partial charge on any atom is 0.262 e. The molecule has 4 rings (SSSR count). The lowest BCUT2D eigenvalue weighted by atomic mass is 10.1. The molecule has 2 aromatic rings. The molecule has 2 aromatic carbocycles. The lowest BCUT2D eigenvalue weighted by Gasteiger charge is -2.26. The Balaban J connectivity index is 1.51. The van der Waals surface area contributed by atoms with Crippen LogP contribution in [-0.2, 0) is 14.8 Å². The van der Waals surface area contributed by atoms with E-state index in [0.717, 1.165) is 24.2 Å². The molecule has 31 heavy (non-hydrogen) atoms. The number of amides is 3. The zero-order valence-corrected chi connectivity index (χ0v) is 17.9. The van der Waals surface area contributed by atoms with Gasteiger partial charge in [-0.1, -0.05) is 24.6 Å². The summed E-state index contributed by atoms with van der Waals surface area (Å²) in [5.74, 6) is -1.62. The van der Waals surface area contributed by atoms with E-state index in [2.05, 4.69) is 5.32 Å². The largest absolute Gasteiger partial charge is 0.324 e. The van der Waals surface area contributed by atoms with Gasteiger partial charge in [-0.25, -0.2) is 8.42 Å². The fourth-order valence-corrected chi connectivity index (χ4v) is 5.41. The van der Waals surface area contributed by atoms with Gasteiger partial charge in [0.1, 0.15) is 6.54 Å². The van der Waals surface area contributed by atoms with Gasteiger partial charge in [-0.15, -0.1) is 0 Å². The lowest BCUT2D eigenvalue weighted by molar-refractivity contribution is -0.116. The van der Waals surface area contributed by atoms with E-state index in [-0.39, 0.29) is 16.0 Å². The van der Waals surface area contributed by atoms with E-state index in [4.69, 9.17) is 0 Å². The minimum atomic E-state index is -3.65. The highest BCUT2D eigenvalue weighted by Crippen LogP contribution is 2.26. The third-order valence-corrected chi connectivity index (χ3v) is 7.51. The lowest BCUT2D eigenvalue weighted by Crippen LogP contribution is -2.37. The maximum absolute atomic E-state index is 12.9. The molecule has 0 atom stereocenters. The third kappa shape index (κ3) is 3.98. The number of anilines is 1. The van der Waals surface area contributed by atoms with Gasteiger partial charge in [0, 0.05) is 18.8 Å². The number of rotatable bonds is 5. The van der Waals surface area contributed by atoms with Gasteiger partial charge < -0.3 is 5.32 Å². The van der Waals surface area contributed by atoms with Crippen molar-refractivity contribution >= 4 is 33.4 Å². The van der Waals surface area contributed by atoms with E-state index in [1.54, 1.807) is 37.3 Å². The molecule has 0 radical (unpaired) electrons. The molecule has 2 aliphatic rings. The Morgan fingerprint density at radius 2 is 1.58 bits per heavy atom. The van der Waals surface area contributed by atoms with Gasteiger partial charge in [0.05, 0.1) is 16.0 Å². The van der Waals surface area contributed by atoms with E-state index in [1.807, 2.05) is 0 Å². The van der Waals surface area contributed by atoms with Crippen molar-refractivity contribution < 1.29 is 22.8 Å². The van der Waals surface area contributed by atoms with Crippen molar-refractivity contribution in [1.82, 2.24) is 9.21 Å². The molecule has 1 fully saturated rings. The number of nitrogens with zero attached hydrogens (tertiary/aromatic N) is 2. The number of piperidine rings is 1. The molecular weight excluding hydrogens is 418 g/mol. The second kappa shape index (κ2) is 8.24. The van der Waals surface area contributed by atoms with Crippen molar-refractivity contribution in [3.05, 3.63) is 59.2 Å². The first-order valence-corrected chi connectivity index (χ1v) is 11.6. The zero-order valence-electron chi connectivity index (χ0n) is 17.1. The van der Waals surface area contributed by atoms with Crippen LogP contribution in [0.25, 0.3) is 0 Å². The summed E-state index contributed by atoms with van der Waals surface area (Å²) in [4.78, 5) is 38.5. The maximum atomic E-state index is 12.9. The van der Waals surface area contributed by atoms with Crippen molar-refractivity contribution in [3.63, 3.8) is 0 Å². The SMILES string of the molecule is Cc1ccc(S(=O)(=O)N2CCCCC2)cc1NC(=O)CN1C(=O)c2ccccc2C1=O. The molecular formula is C22H23N3O5S. The van der Waals surface area contributed by atoms with Crippen LogP contribution in [-0.4, -0.2) is 55.0 Å². The van der Waals surface area contributed by atoms with E-state index >= 15 is 0 Å². The summed E-state index contributed by atoms with van der Waals surface area (Å²) in [5, 5.41) is 2.65. The topological polar surface area (TPSA) is 104 Å². The molecule has 2 aliphatic heterocycles. The first kappa shape index (κ1) is 21.2. The molecule has 0 saturated carbocycles. The van der Waals surface area contributed by atoms with Gasteiger partial charge in [-0.2, -0.15) is 4.31 Å². The van der Waals surface area contributed by atoms with Crippen molar-refractivity contribution in [2.24, 2.45) is 0 Å². The van der Waals surface area contributed by atoms with Crippen LogP contribution in [0, 0.1) is 6.92 Å². The fraction of sp³-hybridized carbons (Fsp3) is 0.318. The molecule has 1 N–H and O–H groups in total. The van der Waals surface area contributed by atoms with Crippen LogP contribution in [0.5, 0.6) is 0 Å². The monoisotopic (exact) mass is 441 g/mol. The Labute approximate surface area is 180 Å². The number of nitrogens with one attached hydrogen (secondary N) is 1. The number of hydrogen-bond acceptors (Lipinski definition) is 5. The molecule has 3 amide bonds. The molecule has 0 unspecified atom stereocenters. The molecule has 1 saturated heterocycles. The first-order chi connectivity index (χ1) is 14.8. The second-order valence-electron chi connectivity index (χ2n) is 7.73. The van der Waals surface area contributed by atoms with Gasteiger partial charge in [0.2, 0.25) is 15.9 Å². The minimum Gasteiger partial charge on any atom is -0.324 e. The summed E-state index contributed by atoms with van der Waals surface area (Å²) in [6, 6.07) is 11.0. The average Bonchev–Trinajstić information content (AvgIpc) is 3.01. The van der Waals surface area contributed by atoms with Gasteiger partial charge in [0.15, 0.2) is 0 Å². The number of benzene rings is 2. The summed E-state index contributed by atoms with van der Waals surface area (Å²) in [5.41, 5.74) is 1.55. The molecule has 8 nitrogen and oxygen atoms in total. The summed E-state index contributed by atoms with van der Waals surface area (Å²) in [6.07, 6.45) is 2.67. The Bertz CT molecular complexity index is 1130. The Hall–Kier alpha value is -3.04. The number of sulfonamides is 1. The Morgan fingerprint density at radius 3 is 2.19 bits per heavy atom. The van der Waals surface area contributed by atoms with Crippen LogP contribution in [0.1, 0.15) is 45.5 Å². The predicted molar refractivity (Wildman–Crippen MR) is 114 cm³/mol. The highest BCUT2D eigenvalue weighted by Gasteiger charge is 2.36. The highest BCUT2D eigenvalue weighted by atomic mass is 32.2. The fourth-order valence-electron chi connectivity index (χ4n) is 3.87. The summed E-state index contributed by atoms with van der Waals surface area (Å²) in [7, 11) is -3.65. The van der Waals surface area contributed by atoms with Gasteiger partial charge in [0.25, 0.3) is 11.8 Å². The Kier molecular flexibility index (Phi) is 5.63. The number of aryl methyl sites for hydroxylation is 1. The zero-order chi connectivity index (χ0) is 22.2. The van der Waals surface area contributed by atoms with Crippen molar-refractivity contribution in [2.75, 3.05) is 25.0 Å². The minimum absolute atomic E-state index is 0.107. The summed E-state index contributed by atoms with van der Waals surface area (Å²) >= 11 is 0. The number of fused-ring (bicyclic) bond motifs is 1. The average molecular weight is 442 g/mol. The molecule has 0 aliphatic carbocycles. The van der Waals surface area contributed by atoms with Crippen LogP contribution >= 0.6 is 0 Å². The Morgan fingerprint density at radius 1 is 0.968 bits per heavy atom. The predicted octanol–water partition coefficient (Wildman–Crippen LogP) is 2.40. The van der Waals surface area contributed by atoms with Crippen molar-refractivity contribution in [3.8, 4) is 0 Å². The van der Waals surface area contributed by atoms with Crippen molar-refractivity contribution in [1.29, 1.82) is 0 Å². The smallest absolute Gasteiger partial charge is 0.262 e. The molecule has 0 spiro atoms. The van der Waals surface area contributed by atoms with Crippen LogP contribution in [0.2, 0.25) is 0 Å². The molecule has 9 heteroatoms. The van der Waals surface area contributed by atoms with E-state index in [0.29, 0.717) is 24.3 Å². The number of imide groups is 1. The summed E-state index contributed by atoms with van der Waals surface area (Å²) < 4.78 is 27.3. The molecule has 0 aromatic heterocycles. The van der Waals surface area contributed by atoms with Crippen LogP contribution in [0.3, 0.4) is 0 Å². The van der Waals surface area contributed by atoms with Gasteiger partial charge in [-0.3, -0.25) is 19.3 Å².